The van der Waals surface area contributed by atoms with Crippen LogP contribution in [-0.2, 0) is 10.2 Å². The first-order valence-electron chi connectivity index (χ1n) is 11.8. The lowest BCUT2D eigenvalue weighted by atomic mass is 9.87. The molecule has 0 aliphatic rings. The summed E-state index contributed by atoms with van der Waals surface area (Å²) in [4.78, 5) is 16.6. The van der Waals surface area contributed by atoms with Gasteiger partial charge in [0, 0.05) is 29.2 Å². The van der Waals surface area contributed by atoms with Crippen LogP contribution in [0.25, 0.3) is 17.1 Å². The Morgan fingerprint density at radius 3 is 2.30 bits per heavy atom. The summed E-state index contributed by atoms with van der Waals surface area (Å²) in [7, 11) is 1.63. The number of carbonyl (C=O) groups is 1. The number of carbonyl (C=O) groups excluding carboxylic acids is 1. The van der Waals surface area contributed by atoms with E-state index in [0.29, 0.717) is 16.7 Å². The number of rotatable bonds is 8. The van der Waals surface area contributed by atoms with Crippen LogP contribution in [0.3, 0.4) is 0 Å². The van der Waals surface area contributed by atoms with Crippen LogP contribution in [0.2, 0.25) is 0 Å². The summed E-state index contributed by atoms with van der Waals surface area (Å²) in [6.45, 7) is 8.39. The molecule has 0 atom stereocenters. The minimum atomic E-state index is -0.237. The third kappa shape index (κ3) is 6.42. The van der Waals surface area contributed by atoms with Gasteiger partial charge in [-0.05, 0) is 54.3 Å². The van der Waals surface area contributed by atoms with E-state index >= 15 is 0 Å². The van der Waals surface area contributed by atoms with Crippen molar-refractivity contribution in [3.63, 3.8) is 0 Å². The van der Waals surface area contributed by atoms with Gasteiger partial charge in [0.1, 0.15) is 5.75 Å². The van der Waals surface area contributed by atoms with Gasteiger partial charge in [-0.2, -0.15) is 5.10 Å². The van der Waals surface area contributed by atoms with Crippen molar-refractivity contribution in [2.75, 3.05) is 12.9 Å². The van der Waals surface area contributed by atoms with Gasteiger partial charge < -0.3 is 4.74 Å². The number of pyridine rings is 1. The number of nitrogens with zero attached hydrogens (tertiary/aromatic N) is 5. The van der Waals surface area contributed by atoms with Gasteiger partial charge >= 0.3 is 0 Å². The maximum atomic E-state index is 12.6. The number of methoxy groups -OCH3 is 1. The molecule has 4 rings (SSSR count). The van der Waals surface area contributed by atoms with E-state index in [1.54, 1.807) is 19.5 Å². The zero-order chi connectivity index (χ0) is 26.4. The van der Waals surface area contributed by atoms with Crippen molar-refractivity contribution < 1.29 is 9.53 Å². The molecule has 37 heavy (non-hydrogen) atoms. The molecule has 0 unspecified atom stereocenters. The zero-order valence-corrected chi connectivity index (χ0v) is 22.4. The fourth-order valence-corrected chi connectivity index (χ4v) is 4.34. The second kappa shape index (κ2) is 11.4. The van der Waals surface area contributed by atoms with E-state index in [0.717, 1.165) is 22.6 Å². The molecule has 8 nitrogen and oxygen atoms in total. The van der Waals surface area contributed by atoms with Gasteiger partial charge in [-0.15, -0.1) is 10.2 Å². The summed E-state index contributed by atoms with van der Waals surface area (Å²) < 4.78 is 7.27. The highest BCUT2D eigenvalue weighted by Crippen LogP contribution is 2.30. The average molecular weight is 515 g/mol. The van der Waals surface area contributed by atoms with Crippen molar-refractivity contribution in [2.45, 2.75) is 38.3 Å². The first kappa shape index (κ1) is 26.1. The molecule has 190 valence electrons. The van der Waals surface area contributed by atoms with E-state index in [4.69, 9.17) is 4.74 Å². The highest BCUT2D eigenvalue weighted by molar-refractivity contribution is 7.99. The predicted octanol–water partition coefficient (Wildman–Crippen LogP) is 5.27. The lowest BCUT2D eigenvalue weighted by molar-refractivity contribution is -0.118. The second-order valence-corrected chi connectivity index (χ2v) is 10.4. The molecule has 0 aliphatic heterocycles. The molecule has 2 heterocycles. The number of hydrogen-bond acceptors (Lipinski definition) is 7. The molecular weight excluding hydrogens is 484 g/mol. The van der Waals surface area contributed by atoms with Gasteiger partial charge in [0.15, 0.2) is 11.0 Å². The number of aromatic nitrogens is 4. The monoisotopic (exact) mass is 514 g/mol. The van der Waals surface area contributed by atoms with Crippen molar-refractivity contribution in [1.29, 1.82) is 0 Å². The van der Waals surface area contributed by atoms with Crippen molar-refractivity contribution in [2.24, 2.45) is 5.10 Å². The number of amides is 1. The van der Waals surface area contributed by atoms with Crippen LogP contribution in [0, 0.1) is 0 Å². The van der Waals surface area contributed by atoms with Gasteiger partial charge in [-0.25, -0.2) is 5.43 Å². The quantitative estimate of drug-likeness (QED) is 0.196. The second-order valence-electron chi connectivity index (χ2n) is 9.42. The van der Waals surface area contributed by atoms with E-state index in [1.807, 2.05) is 47.9 Å². The molecule has 0 aliphatic carbocycles. The van der Waals surface area contributed by atoms with Crippen molar-refractivity contribution in [3.8, 4) is 22.8 Å². The molecule has 0 bridgehead atoms. The van der Waals surface area contributed by atoms with Crippen LogP contribution in [0.5, 0.6) is 5.75 Å². The summed E-state index contributed by atoms with van der Waals surface area (Å²) in [6, 6.07) is 19.7. The minimum Gasteiger partial charge on any atom is -0.497 e. The Hall–Kier alpha value is -3.98. The highest BCUT2D eigenvalue weighted by atomic mass is 32.2. The van der Waals surface area contributed by atoms with Crippen LogP contribution in [0.4, 0.5) is 0 Å². The lowest BCUT2D eigenvalue weighted by Gasteiger charge is -2.19. The molecule has 2 aromatic carbocycles. The summed E-state index contributed by atoms with van der Waals surface area (Å²) in [5.74, 6) is 1.34. The Morgan fingerprint density at radius 1 is 1.00 bits per heavy atom. The van der Waals surface area contributed by atoms with Crippen LogP contribution in [-0.4, -0.2) is 44.2 Å². The van der Waals surface area contributed by atoms with Crippen LogP contribution in [0.1, 0.15) is 38.8 Å². The smallest absolute Gasteiger partial charge is 0.250 e. The molecule has 1 N–H and O–H groups in total. The Labute approximate surface area is 221 Å². The molecule has 0 radical (unpaired) electrons. The fourth-order valence-electron chi connectivity index (χ4n) is 3.60. The first-order chi connectivity index (χ1) is 17.8. The standard InChI is InChI=1S/C28H30N6O2S/c1-19(20-14-16-29-17-15-20)30-31-25(35)18-37-27-33-32-26(21-6-8-22(9-7-21)28(2,3)4)34(27)23-10-12-24(36-5)13-11-23/h6-17H,18H2,1-5H3,(H,31,35). The third-order valence-corrected chi connectivity index (χ3v) is 6.68. The van der Waals surface area contributed by atoms with E-state index in [1.165, 1.54) is 17.3 Å². The molecule has 2 aromatic heterocycles. The van der Waals surface area contributed by atoms with Gasteiger partial charge in [0.05, 0.1) is 18.6 Å². The SMILES string of the molecule is COc1ccc(-n2c(SCC(=O)NN=C(C)c3ccncc3)nnc2-c2ccc(C(C)(C)C)cc2)cc1. The van der Waals surface area contributed by atoms with E-state index < -0.39 is 0 Å². The summed E-state index contributed by atoms with van der Waals surface area (Å²) >= 11 is 1.30. The van der Waals surface area contributed by atoms with E-state index in [2.05, 4.69) is 70.7 Å². The summed E-state index contributed by atoms with van der Waals surface area (Å²) in [6.07, 6.45) is 3.37. The largest absolute Gasteiger partial charge is 0.497 e. The Kier molecular flexibility index (Phi) is 8.03. The average Bonchev–Trinajstić information content (AvgIpc) is 3.34. The number of nitrogens with one attached hydrogen (secondary N) is 1. The topological polar surface area (TPSA) is 94.3 Å². The number of benzene rings is 2. The van der Waals surface area contributed by atoms with E-state index in [9.17, 15) is 4.79 Å². The van der Waals surface area contributed by atoms with Gasteiger partial charge in [-0.3, -0.25) is 14.3 Å². The lowest BCUT2D eigenvalue weighted by Crippen LogP contribution is -2.21. The number of ether oxygens (including phenoxy) is 1. The van der Waals surface area contributed by atoms with Gasteiger partial charge in [-0.1, -0.05) is 56.8 Å². The Balaban J connectivity index is 1.57. The molecule has 0 fully saturated rings. The van der Waals surface area contributed by atoms with Crippen LogP contribution < -0.4 is 10.2 Å². The first-order valence-corrected chi connectivity index (χ1v) is 12.8. The molecule has 0 saturated carbocycles. The number of hydrazone groups is 1. The molecule has 1 amide bonds. The van der Waals surface area contributed by atoms with Crippen LogP contribution in [0.15, 0.2) is 83.3 Å². The maximum absolute atomic E-state index is 12.6. The predicted molar refractivity (Wildman–Crippen MR) is 147 cm³/mol. The Morgan fingerprint density at radius 2 is 1.68 bits per heavy atom. The summed E-state index contributed by atoms with van der Waals surface area (Å²) in [5, 5.41) is 13.7. The maximum Gasteiger partial charge on any atom is 0.250 e. The van der Waals surface area contributed by atoms with Crippen LogP contribution >= 0.6 is 11.8 Å². The van der Waals surface area contributed by atoms with Crippen molar-refractivity contribution in [3.05, 3.63) is 84.2 Å². The van der Waals surface area contributed by atoms with Gasteiger partial charge in [0.25, 0.3) is 5.91 Å². The zero-order valence-electron chi connectivity index (χ0n) is 21.6. The number of hydrogen-bond donors (Lipinski definition) is 1. The molecule has 0 saturated heterocycles. The minimum absolute atomic E-state index is 0.0504. The fraction of sp³-hybridized carbons (Fsp3) is 0.250. The van der Waals surface area contributed by atoms with Gasteiger partial charge in [0.2, 0.25) is 0 Å². The number of thioether (sulfide) groups is 1. The molecule has 4 aromatic rings. The summed E-state index contributed by atoms with van der Waals surface area (Å²) in [5.41, 5.74) is 7.30. The normalized spacial score (nSPS) is 11.9. The third-order valence-electron chi connectivity index (χ3n) is 5.75. The van der Waals surface area contributed by atoms with Crippen molar-refractivity contribution in [1.82, 2.24) is 25.2 Å². The van der Waals surface area contributed by atoms with Crippen molar-refractivity contribution >= 4 is 23.4 Å². The molecular formula is C28H30N6O2S. The highest BCUT2D eigenvalue weighted by Gasteiger charge is 2.19. The Bertz CT molecular complexity index is 1380. The van der Waals surface area contributed by atoms with E-state index in [-0.39, 0.29) is 17.1 Å². The molecule has 9 heteroatoms. The molecule has 0 spiro atoms.